The minimum atomic E-state index is -0.101. The zero-order chi connectivity index (χ0) is 14.9. The van der Waals surface area contributed by atoms with Crippen LogP contribution in [0.15, 0.2) is 18.2 Å². The molecule has 1 atom stereocenters. The summed E-state index contributed by atoms with van der Waals surface area (Å²) in [5, 5.41) is 0. The highest BCUT2D eigenvalue weighted by Gasteiger charge is 2.30. The first kappa shape index (κ1) is 14.9. The molecule has 1 aromatic heterocycles. The highest BCUT2D eigenvalue weighted by atomic mass is 16.5. The number of aromatic nitrogens is 2. The fraction of sp³-hybridized carbons (Fsp3) is 0.562. The number of fused-ring (bicyclic) bond motifs is 1. The first-order valence-electron chi connectivity index (χ1n) is 7.23. The first-order chi connectivity index (χ1) is 9.46. The summed E-state index contributed by atoms with van der Waals surface area (Å²) in [5.74, 6) is 1.91. The molecule has 0 spiro atoms. The molecule has 4 heteroatoms. The summed E-state index contributed by atoms with van der Waals surface area (Å²) in [4.78, 5) is 4.86. The predicted octanol–water partition coefficient (Wildman–Crippen LogP) is 3.25. The summed E-state index contributed by atoms with van der Waals surface area (Å²) in [6.45, 7) is 9.31. The van der Waals surface area contributed by atoms with E-state index in [2.05, 4.69) is 38.3 Å². The first-order valence-corrected chi connectivity index (χ1v) is 7.23. The van der Waals surface area contributed by atoms with Crippen molar-refractivity contribution >= 4 is 11.0 Å². The van der Waals surface area contributed by atoms with Gasteiger partial charge in [-0.15, -0.1) is 0 Å². The Hall–Kier alpha value is -1.55. The second-order valence-corrected chi connectivity index (χ2v) is 5.87. The van der Waals surface area contributed by atoms with Gasteiger partial charge in [0.05, 0.1) is 18.1 Å². The molecule has 1 aromatic carbocycles. The van der Waals surface area contributed by atoms with E-state index < -0.39 is 0 Å². The fourth-order valence-electron chi connectivity index (χ4n) is 2.55. The minimum absolute atomic E-state index is 0.101. The van der Waals surface area contributed by atoms with Crippen LogP contribution in [0.2, 0.25) is 0 Å². The molecule has 0 amide bonds. The zero-order valence-electron chi connectivity index (χ0n) is 13.1. The number of nitrogens with zero attached hydrogens (tertiary/aromatic N) is 2. The van der Waals surface area contributed by atoms with Gasteiger partial charge in [0.2, 0.25) is 0 Å². The summed E-state index contributed by atoms with van der Waals surface area (Å²) in [6.07, 6.45) is 0.969. The van der Waals surface area contributed by atoms with Crippen molar-refractivity contribution in [3.05, 3.63) is 24.0 Å². The van der Waals surface area contributed by atoms with Gasteiger partial charge in [0.15, 0.2) is 0 Å². The SMILES string of the molecule is CCC(C)(CN)c1nc2cc(OC)ccc2n1C(C)C. The lowest BCUT2D eigenvalue weighted by molar-refractivity contribution is 0.405. The number of hydrogen-bond acceptors (Lipinski definition) is 3. The van der Waals surface area contributed by atoms with Crippen LogP contribution in [0.5, 0.6) is 5.75 Å². The number of benzene rings is 1. The third kappa shape index (κ3) is 2.29. The maximum absolute atomic E-state index is 6.02. The van der Waals surface area contributed by atoms with Gasteiger partial charge in [0, 0.05) is 24.1 Å². The average molecular weight is 275 g/mol. The van der Waals surface area contributed by atoms with Crippen LogP contribution >= 0.6 is 0 Å². The smallest absolute Gasteiger partial charge is 0.121 e. The van der Waals surface area contributed by atoms with Crippen LogP contribution in [0.1, 0.15) is 46.0 Å². The van der Waals surface area contributed by atoms with Gasteiger partial charge in [-0.2, -0.15) is 0 Å². The molecule has 0 aliphatic rings. The predicted molar refractivity (Wildman–Crippen MR) is 83.4 cm³/mol. The summed E-state index contributed by atoms with van der Waals surface area (Å²) in [7, 11) is 1.68. The van der Waals surface area contributed by atoms with Crippen molar-refractivity contribution in [2.45, 2.75) is 45.6 Å². The second-order valence-electron chi connectivity index (χ2n) is 5.87. The lowest BCUT2D eigenvalue weighted by Crippen LogP contribution is -2.34. The number of ether oxygens (including phenoxy) is 1. The quantitative estimate of drug-likeness (QED) is 0.911. The summed E-state index contributed by atoms with van der Waals surface area (Å²) >= 11 is 0. The van der Waals surface area contributed by atoms with Crippen molar-refractivity contribution < 1.29 is 4.74 Å². The van der Waals surface area contributed by atoms with E-state index in [0.29, 0.717) is 12.6 Å². The van der Waals surface area contributed by atoms with E-state index in [1.165, 1.54) is 0 Å². The fourth-order valence-corrected chi connectivity index (χ4v) is 2.55. The van der Waals surface area contributed by atoms with Gasteiger partial charge in [-0.05, 0) is 32.4 Å². The van der Waals surface area contributed by atoms with Crippen molar-refractivity contribution in [3.8, 4) is 5.75 Å². The van der Waals surface area contributed by atoms with E-state index in [-0.39, 0.29) is 5.41 Å². The van der Waals surface area contributed by atoms with E-state index >= 15 is 0 Å². The molecule has 2 N–H and O–H groups in total. The van der Waals surface area contributed by atoms with Crippen LogP contribution in [0, 0.1) is 0 Å². The molecule has 0 radical (unpaired) electrons. The molecule has 0 aliphatic heterocycles. The molecule has 0 fully saturated rings. The molecular formula is C16H25N3O. The van der Waals surface area contributed by atoms with E-state index in [1.807, 2.05) is 12.1 Å². The van der Waals surface area contributed by atoms with Crippen LogP contribution in [0.4, 0.5) is 0 Å². The third-order valence-electron chi connectivity index (χ3n) is 4.18. The van der Waals surface area contributed by atoms with E-state index in [4.69, 9.17) is 15.5 Å². The van der Waals surface area contributed by atoms with Crippen LogP contribution in [-0.4, -0.2) is 23.2 Å². The molecule has 0 saturated heterocycles. The number of methoxy groups -OCH3 is 1. The van der Waals surface area contributed by atoms with Gasteiger partial charge in [-0.3, -0.25) is 0 Å². The molecule has 2 aromatic rings. The minimum Gasteiger partial charge on any atom is -0.497 e. The van der Waals surface area contributed by atoms with Gasteiger partial charge < -0.3 is 15.0 Å². The lowest BCUT2D eigenvalue weighted by Gasteiger charge is -2.28. The molecule has 20 heavy (non-hydrogen) atoms. The molecule has 1 heterocycles. The standard InChI is InChI=1S/C16H25N3O/c1-6-16(4,10-17)15-18-13-9-12(20-5)7-8-14(13)19(15)11(2)3/h7-9,11H,6,10,17H2,1-5H3. The highest BCUT2D eigenvalue weighted by molar-refractivity contribution is 5.78. The summed E-state index contributed by atoms with van der Waals surface area (Å²) in [5.41, 5.74) is 8.03. The van der Waals surface area contributed by atoms with Gasteiger partial charge in [0.25, 0.3) is 0 Å². The molecular weight excluding hydrogens is 250 g/mol. The number of imidazole rings is 1. The molecule has 0 aliphatic carbocycles. The maximum Gasteiger partial charge on any atom is 0.121 e. The molecule has 0 saturated carbocycles. The van der Waals surface area contributed by atoms with E-state index in [0.717, 1.165) is 29.0 Å². The van der Waals surface area contributed by atoms with Crippen LogP contribution in [0.25, 0.3) is 11.0 Å². The van der Waals surface area contributed by atoms with Crippen molar-refractivity contribution in [1.29, 1.82) is 0 Å². The molecule has 110 valence electrons. The van der Waals surface area contributed by atoms with Crippen molar-refractivity contribution in [2.75, 3.05) is 13.7 Å². The Morgan fingerprint density at radius 2 is 2.10 bits per heavy atom. The number of rotatable bonds is 5. The van der Waals surface area contributed by atoms with Gasteiger partial charge in [-0.25, -0.2) is 4.98 Å². The lowest BCUT2D eigenvalue weighted by atomic mass is 9.86. The summed E-state index contributed by atoms with van der Waals surface area (Å²) in [6, 6.07) is 6.40. The zero-order valence-corrected chi connectivity index (χ0v) is 13.1. The second kappa shape index (κ2) is 5.44. The third-order valence-corrected chi connectivity index (χ3v) is 4.18. The Balaban J connectivity index is 2.73. The number of nitrogens with two attached hydrogens (primary N) is 1. The molecule has 2 rings (SSSR count). The Morgan fingerprint density at radius 3 is 2.60 bits per heavy atom. The molecule has 1 unspecified atom stereocenters. The number of hydrogen-bond donors (Lipinski definition) is 1. The molecule has 4 nitrogen and oxygen atoms in total. The van der Waals surface area contributed by atoms with Gasteiger partial charge in [0.1, 0.15) is 11.6 Å². The van der Waals surface area contributed by atoms with Crippen LogP contribution < -0.4 is 10.5 Å². The van der Waals surface area contributed by atoms with Crippen LogP contribution in [0.3, 0.4) is 0 Å². The Kier molecular flexibility index (Phi) is 4.04. The van der Waals surface area contributed by atoms with Crippen LogP contribution in [-0.2, 0) is 5.41 Å². The van der Waals surface area contributed by atoms with Gasteiger partial charge >= 0.3 is 0 Å². The Labute approximate surface area is 120 Å². The monoisotopic (exact) mass is 275 g/mol. The maximum atomic E-state index is 6.02. The van der Waals surface area contributed by atoms with E-state index in [9.17, 15) is 0 Å². The normalized spacial score (nSPS) is 14.8. The largest absolute Gasteiger partial charge is 0.497 e. The Bertz CT molecular complexity index is 597. The Morgan fingerprint density at radius 1 is 1.40 bits per heavy atom. The van der Waals surface area contributed by atoms with Crippen molar-refractivity contribution in [1.82, 2.24) is 9.55 Å². The summed E-state index contributed by atoms with van der Waals surface area (Å²) < 4.78 is 7.59. The average Bonchev–Trinajstić information content (AvgIpc) is 2.85. The topological polar surface area (TPSA) is 53.1 Å². The van der Waals surface area contributed by atoms with Gasteiger partial charge in [-0.1, -0.05) is 13.8 Å². The van der Waals surface area contributed by atoms with Crippen molar-refractivity contribution in [2.24, 2.45) is 5.73 Å². The molecule has 0 bridgehead atoms. The van der Waals surface area contributed by atoms with E-state index in [1.54, 1.807) is 7.11 Å². The highest BCUT2D eigenvalue weighted by Crippen LogP contribution is 2.32. The van der Waals surface area contributed by atoms with Crippen molar-refractivity contribution in [3.63, 3.8) is 0 Å².